The zero-order valence-corrected chi connectivity index (χ0v) is 20.7. The van der Waals surface area contributed by atoms with Gasteiger partial charge in [-0.2, -0.15) is 0 Å². The van der Waals surface area contributed by atoms with E-state index in [0.717, 1.165) is 6.92 Å². The Balaban J connectivity index is 1.81. The quantitative estimate of drug-likeness (QED) is 0.144. The van der Waals surface area contributed by atoms with E-state index < -0.39 is 75.8 Å². The number of Topliss-reactive ketones (excluding diaryl/α,β-unsaturated/α-hetero) is 2. The second kappa shape index (κ2) is 9.03. The van der Waals surface area contributed by atoms with E-state index >= 15 is 0 Å². The third-order valence-corrected chi connectivity index (χ3v) is 7.93. The van der Waals surface area contributed by atoms with Gasteiger partial charge in [0.1, 0.15) is 22.8 Å². The van der Waals surface area contributed by atoms with Crippen LogP contribution in [0.1, 0.15) is 48.2 Å². The van der Waals surface area contributed by atoms with Crippen molar-refractivity contribution >= 4 is 23.2 Å². The number of primary amides is 1. The number of nitrogens with one attached hydrogen (secondary N) is 1. The van der Waals surface area contributed by atoms with Gasteiger partial charge in [-0.15, -0.1) is 0 Å². The maximum atomic E-state index is 13.8. The highest BCUT2D eigenvalue weighted by atomic mass is 19.3. The molecule has 0 aromatic heterocycles. The molecule has 0 saturated carbocycles. The Morgan fingerprint density at radius 2 is 1.92 bits per heavy atom. The Morgan fingerprint density at radius 1 is 1.29 bits per heavy atom. The van der Waals surface area contributed by atoms with Crippen LogP contribution in [0, 0.1) is 11.8 Å². The van der Waals surface area contributed by atoms with Crippen LogP contribution in [0.4, 0.5) is 14.5 Å². The number of hydrogen-bond donors (Lipinski definition) is 8. The first-order chi connectivity index (χ1) is 17.6. The van der Waals surface area contributed by atoms with Crippen molar-refractivity contribution in [2.75, 3.05) is 5.73 Å². The molecule has 0 heterocycles. The summed E-state index contributed by atoms with van der Waals surface area (Å²) in [7, 11) is 0. The minimum Gasteiger partial charge on any atom is -0.510 e. The number of benzene rings is 1. The Bertz CT molecular complexity index is 1320. The molecule has 2 unspecified atom stereocenters. The van der Waals surface area contributed by atoms with Crippen molar-refractivity contribution in [3.05, 3.63) is 45.4 Å². The number of rotatable bonds is 6. The number of alkyl halides is 2. The number of anilines is 1. The fourth-order valence-electron chi connectivity index (χ4n) is 5.92. The van der Waals surface area contributed by atoms with Gasteiger partial charge < -0.3 is 42.9 Å². The van der Waals surface area contributed by atoms with E-state index in [4.69, 9.17) is 17.2 Å². The van der Waals surface area contributed by atoms with Crippen LogP contribution in [-0.4, -0.2) is 61.5 Å². The van der Waals surface area contributed by atoms with E-state index in [-0.39, 0.29) is 53.8 Å². The molecule has 5 atom stereocenters. The maximum Gasteiger partial charge on any atom is 0.260 e. The van der Waals surface area contributed by atoms with Crippen LogP contribution in [0.2, 0.25) is 0 Å². The lowest BCUT2D eigenvalue weighted by molar-refractivity contribution is -0.145. The third kappa shape index (κ3) is 3.84. The first-order valence-corrected chi connectivity index (χ1v) is 12.1. The molecule has 0 fully saturated rings. The molecule has 1 aromatic rings. The van der Waals surface area contributed by atoms with E-state index in [9.17, 15) is 43.6 Å². The first kappa shape index (κ1) is 27.5. The van der Waals surface area contributed by atoms with Crippen LogP contribution in [-0.2, 0) is 22.6 Å². The van der Waals surface area contributed by atoms with Gasteiger partial charge in [-0.05, 0) is 36.8 Å². The van der Waals surface area contributed by atoms with Crippen LogP contribution < -0.4 is 22.5 Å². The van der Waals surface area contributed by atoms with Crippen molar-refractivity contribution in [1.29, 1.82) is 0 Å². The number of aromatic hydroxyl groups is 1. The number of phenolic OH excluding ortho intramolecular Hbond substituents is 1. The maximum absolute atomic E-state index is 13.8. The summed E-state index contributed by atoms with van der Waals surface area (Å²) in [5.74, 6) is -11.3. The molecule has 3 aliphatic rings. The number of nitrogen functional groups attached to an aromatic ring is 1. The highest BCUT2D eigenvalue weighted by molar-refractivity contribution is 6.24. The van der Waals surface area contributed by atoms with Crippen molar-refractivity contribution in [3.8, 4) is 5.75 Å². The summed E-state index contributed by atoms with van der Waals surface area (Å²) >= 11 is 0. The lowest BCUT2D eigenvalue weighted by atomic mass is 9.59. The second-order valence-electron chi connectivity index (χ2n) is 10.2. The van der Waals surface area contributed by atoms with Crippen LogP contribution >= 0.6 is 0 Å². The van der Waals surface area contributed by atoms with Crippen molar-refractivity contribution < 1.29 is 43.6 Å². The number of hydrogen-bond acceptors (Lipinski definition) is 10. The third-order valence-electron chi connectivity index (χ3n) is 7.93. The summed E-state index contributed by atoms with van der Waals surface area (Å²) in [6, 6.07) is -1.31. The largest absolute Gasteiger partial charge is 0.510 e. The Hall–Kier alpha value is -3.55. The number of ketones is 2. The second-order valence-corrected chi connectivity index (χ2v) is 10.2. The molecule has 11 nitrogen and oxygen atoms in total. The molecule has 0 radical (unpaired) electrons. The smallest absolute Gasteiger partial charge is 0.260 e. The van der Waals surface area contributed by atoms with Crippen LogP contribution in [0.15, 0.2) is 28.7 Å². The van der Waals surface area contributed by atoms with E-state index in [2.05, 4.69) is 5.32 Å². The molecule has 11 N–H and O–H groups in total. The van der Waals surface area contributed by atoms with Gasteiger partial charge >= 0.3 is 0 Å². The normalized spacial score (nSPS) is 28.1. The highest BCUT2D eigenvalue weighted by Crippen LogP contribution is 2.52. The predicted octanol–water partition coefficient (Wildman–Crippen LogP) is 0.623. The molecule has 1 aromatic carbocycles. The molecular weight excluding hydrogens is 506 g/mol. The Kier molecular flexibility index (Phi) is 6.53. The van der Waals surface area contributed by atoms with Gasteiger partial charge in [0.2, 0.25) is 5.78 Å². The molecule has 4 rings (SSSR count). The number of nitrogens with two attached hydrogens (primary N) is 3. The Labute approximate surface area is 216 Å². The van der Waals surface area contributed by atoms with Gasteiger partial charge in [-0.1, -0.05) is 6.92 Å². The number of fused-ring (bicyclic) bond motifs is 3. The number of amides is 1. The number of aliphatic hydroxyl groups excluding tert-OH is 2. The highest BCUT2D eigenvalue weighted by Gasteiger charge is 2.62. The van der Waals surface area contributed by atoms with Gasteiger partial charge in [0.05, 0.1) is 17.6 Å². The molecule has 38 heavy (non-hydrogen) atoms. The van der Waals surface area contributed by atoms with Crippen LogP contribution in [0.3, 0.4) is 0 Å². The topological polar surface area (TPSA) is 222 Å². The minimum absolute atomic E-state index is 0.00116. The number of carbonyl (C=O) groups is 3. The number of halogens is 2. The summed E-state index contributed by atoms with van der Waals surface area (Å²) in [6.07, 6.45) is -0.0740. The molecule has 13 heteroatoms. The summed E-state index contributed by atoms with van der Waals surface area (Å²) < 4.78 is 27.6. The van der Waals surface area contributed by atoms with Crippen molar-refractivity contribution in [2.45, 2.75) is 63.3 Å². The van der Waals surface area contributed by atoms with E-state index in [1.165, 1.54) is 6.07 Å². The zero-order chi connectivity index (χ0) is 28.5. The monoisotopic (exact) mass is 536 g/mol. The zero-order valence-electron chi connectivity index (χ0n) is 20.7. The number of carbonyl (C=O) groups excluding carboxylic acids is 3. The van der Waals surface area contributed by atoms with Gasteiger partial charge in [0, 0.05) is 36.2 Å². The Morgan fingerprint density at radius 3 is 2.47 bits per heavy atom. The van der Waals surface area contributed by atoms with Gasteiger partial charge in [-0.3, -0.25) is 14.4 Å². The number of aliphatic hydroxyl groups is 3. The van der Waals surface area contributed by atoms with Crippen LogP contribution in [0.5, 0.6) is 5.75 Å². The summed E-state index contributed by atoms with van der Waals surface area (Å²) in [6.45, 7) is 2.07. The van der Waals surface area contributed by atoms with Crippen LogP contribution in [0.25, 0.3) is 0 Å². The van der Waals surface area contributed by atoms with Crippen molar-refractivity contribution in [1.82, 2.24) is 5.32 Å². The van der Waals surface area contributed by atoms with Crippen molar-refractivity contribution in [2.24, 2.45) is 23.3 Å². The standard InChI is InChI=1S/C25H30F2N4O7/c1-3-13(24(2,26)27)31-7-9-6-12(28)10-4-8-5-11-17(29)20(34)16(23(30)37)22(36)25(11,38)21(35)14(8)19(33)15(10)18(9)32/h6,8,11,13,17,31-32,34-35,38H,3-5,7,28-29H2,1-2H3,(H2,30,37)/t8-,11-,13?,17?,25-/m0/s1. The fraction of sp³-hybridized carbons (Fsp3) is 0.480. The van der Waals surface area contributed by atoms with E-state index in [1.54, 1.807) is 6.92 Å². The summed E-state index contributed by atoms with van der Waals surface area (Å²) in [5, 5.41) is 46.4. The molecule has 0 aliphatic heterocycles. The van der Waals surface area contributed by atoms with Gasteiger partial charge in [0.25, 0.3) is 11.8 Å². The van der Waals surface area contributed by atoms with Gasteiger partial charge in [0.15, 0.2) is 11.4 Å². The average Bonchev–Trinajstić information content (AvgIpc) is 2.81. The molecular formula is C25H30F2N4O7. The molecule has 206 valence electrons. The van der Waals surface area contributed by atoms with E-state index in [1.807, 2.05) is 0 Å². The number of phenols is 1. The SMILES string of the molecule is CCC(NCc1cc(N)c2c(c1O)C(=O)C1=C(O)[C@]3(O)C(=O)C(C(N)=O)=C(O)C(N)[C@@H]3C[C@@H]1C2)C(C)(F)F. The molecule has 3 aliphatic carbocycles. The summed E-state index contributed by atoms with van der Waals surface area (Å²) in [4.78, 5) is 38.5. The first-order valence-electron chi connectivity index (χ1n) is 12.1. The minimum atomic E-state index is -3.06. The average molecular weight is 537 g/mol. The summed E-state index contributed by atoms with van der Waals surface area (Å²) in [5.41, 5.74) is 13.3. The lowest BCUT2D eigenvalue weighted by Crippen LogP contribution is -2.63. The van der Waals surface area contributed by atoms with Gasteiger partial charge in [-0.25, -0.2) is 8.78 Å². The molecule has 0 spiro atoms. The molecule has 0 bridgehead atoms. The van der Waals surface area contributed by atoms with E-state index in [0.29, 0.717) is 0 Å². The lowest BCUT2D eigenvalue weighted by Gasteiger charge is -2.47. The molecule has 1 amide bonds. The fourth-order valence-corrected chi connectivity index (χ4v) is 5.92. The van der Waals surface area contributed by atoms with Crippen molar-refractivity contribution in [3.63, 3.8) is 0 Å². The number of allylic oxidation sites excluding steroid dienone is 1. The predicted molar refractivity (Wildman–Crippen MR) is 130 cm³/mol. The molecule has 0 saturated heterocycles.